The van der Waals surface area contributed by atoms with Crippen LogP contribution in [0.4, 0.5) is 0 Å². The molecule has 0 unspecified atom stereocenters. The number of aromatic nitrogens is 1. The Labute approximate surface area is 116 Å². The summed E-state index contributed by atoms with van der Waals surface area (Å²) in [5.41, 5.74) is 2.19. The SMILES string of the molecule is O=C1OC(Cc2ccccc2)=N/C1=C/c1cccnc1. The Balaban J connectivity index is 1.81. The van der Waals surface area contributed by atoms with Gasteiger partial charge in [0.25, 0.3) is 0 Å². The lowest BCUT2D eigenvalue weighted by Crippen LogP contribution is -2.06. The summed E-state index contributed by atoms with van der Waals surface area (Å²) in [5, 5.41) is 0. The molecule has 4 nitrogen and oxygen atoms in total. The number of esters is 1. The quantitative estimate of drug-likeness (QED) is 0.632. The molecule has 3 rings (SSSR count). The van der Waals surface area contributed by atoms with E-state index in [1.165, 1.54) is 0 Å². The van der Waals surface area contributed by atoms with Gasteiger partial charge in [0.2, 0.25) is 5.90 Å². The van der Waals surface area contributed by atoms with E-state index in [2.05, 4.69) is 9.98 Å². The second kappa shape index (κ2) is 5.48. The topological polar surface area (TPSA) is 51.5 Å². The fraction of sp³-hybridized carbons (Fsp3) is 0.0625. The number of nitrogens with zero attached hydrogens (tertiary/aromatic N) is 2. The molecular formula is C16H12N2O2. The van der Waals surface area contributed by atoms with E-state index < -0.39 is 5.97 Å². The van der Waals surface area contributed by atoms with Gasteiger partial charge in [-0.05, 0) is 23.3 Å². The molecule has 0 atom stereocenters. The van der Waals surface area contributed by atoms with E-state index in [1.54, 1.807) is 24.5 Å². The van der Waals surface area contributed by atoms with E-state index in [-0.39, 0.29) is 0 Å². The molecule has 0 bridgehead atoms. The van der Waals surface area contributed by atoms with Gasteiger partial charge in [-0.15, -0.1) is 0 Å². The lowest BCUT2D eigenvalue weighted by Gasteiger charge is -1.98. The van der Waals surface area contributed by atoms with Gasteiger partial charge in [-0.3, -0.25) is 4.98 Å². The van der Waals surface area contributed by atoms with E-state index in [0.717, 1.165) is 11.1 Å². The van der Waals surface area contributed by atoms with E-state index >= 15 is 0 Å². The first-order chi connectivity index (χ1) is 9.81. The van der Waals surface area contributed by atoms with E-state index in [0.29, 0.717) is 18.0 Å². The van der Waals surface area contributed by atoms with E-state index in [4.69, 9.17) is 4.74 Å². The molecule has 0 amide bonds. The first-order valence-corrected chi connectivity index (χ1v) is 6.27. The Morgan fingerprint density at radius 2 is 1.95 bits per heavy atom. The third-order valence-corrected chi connectivity index (χ3v) is 2.85. The fourth-order valence-electron chi connectivity index (χ4n) is 1.92. The Kier molecular flexibility index (Phi) is 3.37. The van der Waals surface area contributed by atoms with Crippen LogP contribution in [0.25, 0.3) is 6.08 Å². The average molecular weight is 264 g/mol. The molecule has 4 heteroatoms. The van der Waals surface area contributed by atoms with Crippen molar-refractivity contribution < 1.29 is 9.53 Å². The number of ether oxygens (including phenoxy) is 1. The van der Waals surface area contributed by atoms with Crippen molar-refractivity contribution in [2.24, 2.45) is 4.99 Å². The maximum absolute atomic E-state index is 11.8. The standard InChI is InChI=1S/C16H12N2O2/c19-16-14(9-13-7-4-8-17-11-13)18-15(20-16)10-12-5-2-1-3-6-12/h1-9,11H,10H2/b14-9+. The molecule has 0 spiro atoms. The van der Waals surface area contributed by atoms with Crippen molar-refractivity contribution in [2.45, 2.75) is 6.42 Å². The molecule has 0 radical (unpaired) electrons. The van der Waals surface area contributed by atoms with E-state index in [9.17, 15) is 4.79 Å². The Morgan fingerprint density at radius 3 is 2.70 bits per heavy atom. The summed E-state index contributed by atoms with van der Waals surface area (Å²) in [7, 11) is 0. The highest BCUT2D eigenvalue weighted by molar-refractivity contribution is 6.07. The molecule has 2 aromatic rings. The van der Waals surface area contributed by atoms with Crippen LogP contribution in [-0.4, -0.2) is 16.9 Å². The zero-order chi connectivity index (χ0) is 13.8. The monoisotopic (exact) mass is 264 g/mol. The molecule has 1 aliphatic heterocycles. The number of aliphatic imine (C=N–C) groups is 1. The van der Waals surface area contributed by atoms with Gasteiger partial charge in [0.05, 0.1) is 0 Å². The second-order valence-corrected chi connectivity index (χ2v) is 4.37. The van der Waals surface area contributed by atoms with Crippen LogP contribution in [0.5, 0.6) is 0 Å². The molecule has 0 saturated carbocycles. The molecule has 1 aromatic carbocycles. The van der Waals surface area contributed by atoms with Crippen LogP contribution in [0.1, 0.15) is 11.1 Å². The van der Waals surface area contributed by atoms with Crippen molar-refractivity contribution in [3.63, 3.8) is 0 Å². The number of hydrogen-bond donors (Lipinski definition) is 0. The predicted octanol–water partition coefficient (Wildman–Crippen LogP) is 2.62. The molecular weight excluding hydrogens is 252 g/mol. The van der Waals surface area contributed by atoms with Crippen LogP contribution in [0.2, 0.25) is 0 Å². The molecule has 0 fully saturated rings. The second-order valence-electron chi connectivity index (χ2n) is 4.37. The minimum absolute atomic E-state index is 0.309. The Hall–Kier alpha value is -2.75. The summed E-state index contributed by atoms with van der Waals surface area (Å²) in [4.78, 5) is 20.0. The lowest BCUT2D eigenvalue weighted by molar-refractivity contribution is -0.130. The normalized spacial score (nSPS) is 16.1. The zero-order valence-corrected chi connectivity index (χ0v) is 10.7. The number of pyridine rings is 1. The first kappa shape index (κ1) is 12.3. The minimum Gasteiger partial charge on any atom is -0.406 e. The van der Waals surface area contributed by atoms with Crippen LogP contribution in [-0.2, 0) is 16.0 Å². The number of rotatable bonds is 3. The van der Waals surface area contributed by atoms with Crippen LogP contribution in [0.15, 0.2) is 65.5 Å². The maximum atomic E-state index is 11.8. The highest BCUT2D eigenvalue weighted by atomic mass is 16.6. The highest BCUT2D eigenvalue weighted by Crippen LogP contribution is 2.17. The summed E-state index contributed by atoms with van der Waals surface area (Å²) in [5.74, 6) is 0.0103. The average Bonchev–Trinajstić information content (AvgIpc) is 2.81. The van der Waals surface area contributed by atoms with Crippen LogP contribution < -0.4 is 0 Å². The molecule has 20 heavy (non-hydrogen) atoms. The summed E-state index contributed by atoms with van der Waals surface area (Å²) >= 11 is 0. The molecule has 0 aliphatic carbocycles. The molecule has 1 aromatic heterocycles. The number of carbonyl (C=O) groups excluding carboxylic acids is 1. The first-order valence-electron chi connectivity index (χ1n) is 6.27. The molecule has 2 heterocycles. The summed E-state index contributed by atoms with van der Waals surface area (Å²) < 4.78 is 5.17. The number of benzene rings is 1. The smallest absolute Gasteiger partial charge is 0.363 e. The van der Waals surface area contributed by atoms with Gasteiger partial charge in [-0.25, -0.2) is 9.79 Å². The molecule has 1 aliphatic rings. The zero-order valence-electron chi connectivity index (χ0n) is 10.7. The molecule has 0 saturated heterocycles. The molecule has 98 valence electrons. The lowest BCUT2D eigenvalue weighted by atomic mass is 10.1. The van der Waals surface area contributed by atoms with Crippen LogP contribution in [0, 0.1) is 0 Å². The predicted molar refractivity (Wildman–Crippen MR) is 75.9 cm³/mol. The highest BCUT2D eigenvalue weighted by Gasteiger charge is 2.22. The van der Waals surface area contributed by atoms with Gasteiger partial charge < -0.3 is 4.74 Å². The number of carbonyl (C=O) groups is 1. The van der Waals surface area contributed by atoms with Crippen molar-refractivity contribution >= 4 is 17.9 Å². The van der Waals surface area contributed by atoms with Gasteiger partial charge in [0.15, 0.2) is 5.70 Å². The van der Waals surface area contributed by atoms with Gasteiger partial charge in [-0.2, -0.15) is 0 Å². The summed E-state index contributed by atoms with van der Waals surface area (Å²) in [6, 6.07) is 13.4. The van der Waals surface area contributed by atoms with Crippen LogP contribution >= 0.6 is 0 Å². The van der Waals surface area contributed by atoms with E-state index in [1.807, 2.05) is 36.4 Å². The third-order valence-electron chi connectivity index (χ3n) is 2.85. The molecule has 0 N–H and O–H groups in total. The van der Waals surface area contributed by atoms with Gasteiger partial charge in [0.1, 0.15) is 0 Å². The number of hydrogen-bond acceptors (Lipinski definition) is 4. The Morgan fingerprint density at radius 1 is 1.10 bits per heavy atom. The largest absolute Gasteiger partial charge is 0.406 e. The van der Waals surface area contributed by atoms with Crippen molar-refractivity contribution in [3.05, 3.63) is 71.7 Å². The van der Waals surface area contributed by atoms with Crippen molar-refractivity contribution in [1.29, 1.82) is 0 Å². The Bertz CT molecular complexity index is 676. The van der Waals surface area contributed by atoms with Crippen molar-refractivity contribution in [3.8, 4) is 0 Å². The summed E-state index contributed by atoms with van der Waals surface area (Å²) in [6.45, 7) is 0. The summed E-state index contributed by atoms with van der Waals surface area (Å²) in [6.07, 6.45) is 5.54. The van der Waals surface area contributed by atoms with Crippen LogP contribution in [0.3, 0.4) is 0 Å². The minimum atomic E-state index is -0.417. The van der Waals surface area contributed by atoms with Gasteiger partial charge in [0, 0.05) is 18.8 Å². The third kappa shape index (κ3) is 2.80. The van der Waals surface area contributed by atoms with Gasteiger partial charge >= 0.3 is 5.97 Å². The van der Waals surface area contributed by atoms with Gasteiger partial charge in [-0.1, -0.05) is 36.4 Å². The number of cyclic esters (lactones) is 1. The van der Waals surface area contributed by atoms with Crippen molar-refractivity contribution in [2.75, 3.05) is 0 Å². The van der Waals surface area contributed by atoms with Crippen molar-refractivity contribution in [1.82, 2.24) is 4.98 Å². The fourth-order valence-corrected chi connectivity index (χ4v) is 1.92. The maximum Gasteiger partial charge on any atom is 0.363 e.